The van der Waals surface area contributed by atoms with Crippen molar-refractivity contribution in [2.24, 2.45) is 5.92 Å². The summed E-state index contributed by atoms with van der Waals surface area (Å²) < 4.78 is 58.6. The Morgan fingerprint density at radius 1 is 1.21 bits per heavy atom. The summed E-state index contributed by atoms with van der Waals surface area (Å²) >= 11 is 0. The minimum absolute atomic E-state index is 0.0454. The molecule has 1 aliphatic rings. The van der Waals surface area contributed by atoms with Crippen LogP contribution in [0, 0.1) is 11.7 Å². The highest BCUT2D eigenvalue weighted by Crippen LogP contribution is 2.31. The van der Waals surface area contributed by atoms with Gasteiger partial charge in [0.05, 0.1) is 11.9 Å². The average molecular weight is 483 g/mol. The molecule has 0 bridgehead atoms. The van der Waals surface area contributed by atoms with E-state index in [4.69, 9.17) is 4.74 Å². The number of carbonyl (C=O) groups is 1. The van der Waals surface area contributed by atoms with E-state index in [1.165, 1.54) is 24.3 Å². The monoisotopic (exact) mass is 482 g/mol. The Morgan fingerprint density at radius 2 is 1.88 bits per heavy atom. The predicted octanol–water partition coefficient (Wildman–Crippen LogP) is 5.67. The summed E-state index contributed by atoms with van der Waals surface area (Å²) in [7, 11) is 0. The number of nitrogens with one attached hydrogen (secondary N) is 1. The third-order valence-corrected chi connectivity index (χ3v) is 5.65. The van der Waals surface area contributed by atoms with Gasteiger partial charge in [-0.1, -0.05) is 19.1 Å². The first-order valence-electron chi connectivity index (χ1n) is 11.3. The van der Waals surface area contributed by atoms with Crippen LogP contribution in [0.2, 0.25) is 0 Å². The van der Waals surface area contributed by atoms with Crippen LogP contribution in [0.5, 0.6) is 0 Å². The number of hydrogen-bond acceptors (Lipinski definition) is 5. The Bertz CT molecular complexity index is 990. The standard InChI is InChI=1S/C24H30F4N4O2/c1-5-16-14-32(22(33)34-23(2,3)4)11-10-18(16)31-21-19(12-15-6-8-17(25)9-7-15)30-20(13-29-21)24(26,27)28/h6-9,13,16,18H,5,10-12,14H2,1-4H3,(H,29,31). The van der Waals surface area contributed by atoms with Crippen molar-refractivity contribution in [3.63, 3.8) is 0 Å². The molecule has 34 heavy (non-hydrogen) atoms. The lowest BCUT2D eigenvalue weighted by Crippen LogP contribution is -2.49. The van der Waals surface area contributed by atoms with Crippen molar-refractivity contribution in [3.8, 4) is 0 Å². The Kier molecular flexibility index (Phi) is 7.67. The average Bonchev–Trinajstić information content (AvgIpc) is 2.74. The predicted molar refractivity (Wildman–Crippen MR) is 120 cm³/mol. The Morgan fingerprint density at radius 3 is 2.47 bits per heavy atom. The number of anilines is 1. The van der Waals surface area contributed by atoms with Gasteiger partial charge in [-0.05, 0) is 57.2 Å². The zero-order valence-electron chi connectivity index (χ0n) is 19.7. The summed E-state index contributed by atoms with van der Waals surface area (Å²) in [5.41, 5.74) is -0.934. The number of halogens is 4. The fourth-order valence-corrected chi connectivity index (χ4v) is 3.91. The van der Waals surface area contributed by atoms with Crippen LogP contribution in [0.25, 0.3) is 0 Å². The van der Waals surface area contributed by atoms with E-state index in [0.29, 0.717) is 31.3 Å². The van der Waals surface area contributed by atoms with E-state index >= 15 is 0 Å². The number of alkyl halides is 3. The van der Waals surface area contributed by atoms with E-state index in [-0.39, 0.29) is 36.0 Å². The lowest BCUT2D eigenvalue weighted by Gasteiger charge is -2.39. The molecule has 1 aromatic heterocycles. The molecule has 1 saturated heterocycles. The second-order valence-electron chi connectivity index (χ2n) is 9.49. The van der Waals surface area contributed by atoms with Gasteiger partial charge in [0, 0.05) is 25.6 Å². The fraction of sp³-hybridized carbons (Fsp3) is 0.542. The third kappa shape index (κ3) is 6.80. The molecule has 2 aromatic rings. The highest BCUT2D eigenvalue weighted by atomic mass is 19.4. The molecule has 0 aliphatic carbocycles. The van der Waals surface area contributed by atoms with Crippen LogP contribution >= 0.6 is 0 Å². The maximum absolute atomic E-state index is 13.3. The lowest BCUT2D eigenvalue weighted by molar-refractivity contribution is -0.141. The van der Waals surface area contributed by atoms with Crippen LogP contribution < -0.4 is 5.32 Å². The maximum Gasteiger partial charge on any atom is 0.434 e. The molecule has 1 amide bonds. The summed E-state index contributed by atoms with van der Waals surface area (Å²) in [4.78, 5) is 22.0. The molecule has 3 rings (SSSR count). The van der Waals surface area contributed by atoms with Gasteiger partial charge in [0.2, 0.25) is 0 Å². The highest BCUT2D eigenvalue weighted by Gasteiger charge is 2.36. The number of piperidine rings is 1. The fourth-order valence-electron chi connectivity index (χ4n) is 3.91. The quantitative estimate of drug-likeness (QED) is 0.556. The van der Waals surface area contributed by atoms with E-state index in [9.17, 15) is 22.4 Å². The maximum atomic E-state index is 13.3. The van der Waals surface area contributed by atoms with Gasteiger partial charge < -0.3 is 15.0 Å². The molecule has 2 heterocycles. The van der Waals surface area contributed by atoms with Crippen molar-refractivity contribution in [2.75, 3.05) is 18.4 Å². The molecular weight excluding hydrogens is 452 g/mol. The molecule has 1 N–H and O–H groups in total. The molecule has 6 nitrogen and oxygen atoms in total. The van der Waals surface area contributed by atoms with Crippen molar-refractivity contribution in [1.29, 1.82) is 0 Å². The first-order valence-corrected chi connectivity index (χ1v) is 11.3. The molecule has 186 valence electrons. The third-order valence-electron chi connectivity index (χ3n) is 5.65. The number of ether oxygens (including phenoxy) is 1. The van der Waals surface area contributed by atoms with Crippen molar-refractivity contribution in [3.05, 3.63) is 53.2 Å². The number of aromatic nitrogens is 2. The number of amides is 1. The number of rotatable bonds is 5. The minimum Gasteiger partial charge on any atom is -0.444 e. The SMILES string of the molecule is CCC1CN(C(=O)OC(C)(C)C)CCC1Nc1ncc(C(F)(F)F)nc1Cc1ccc(F)cc1. The number of likely N-dealkylation sites (tertiary alicyclic amines) is 1. The summed E-state index contributed by atoms with van der Waals surface area (Å²) in [5, 5.41) is 3.27. The van der Waals surface area contributed by atoms with Crippen LogP contribution in [0.4, 0.5) is 28.2 Å². The van der Waals surface area contributed by atoms with Crippen LogP contribution in [0.15, 0.2) is 30.5 Å². The van der Waals surface area contributed by atoms with Gasteiger partial charge in [-0.25, -0.2) is 19.2 Å². The first-order chi connectivity index (χ1) is 15.9. The number of carbonyl (C=O) groups excluding carboxylic acids is 1. The van der Waals surface area contributed by atoms with Crippen molar-refractivity contribution >= 4 is 11.9 Å². The smallest absolute Gasteiger partial charge is 0.434 e. The molecule has 10 heteroatoms. The number of nitrogens with zero attached hydrogens (tertiary/aromatic N) is 3. The first kappa shape index (κ1) is 25.7. The van der Waals surface area contributed by atoms with Gasteiger partial charge in [-0.15, -0.1) is 0 Å². The van der Waals surface area contributed by atoms with Gasteiger partial charge >= 0.3 is 12.3 Å². The zero-order chi connectivity index (χ0) is 25.1. The Hall–Kier alpha value is -2.91. The lowest BCUT2D eigenvalue weighted by atomic mass is 9.90. The van der Waals surface area contributed by atoms with Crippen LogP contribution in [-0.2, 0) is 17.3 Å². The molecule has 2 unspecified atom stereocenters. The topological polar surface area (TPSA) is 67.3 Å². The largest absolute Gasteiger partial charge is 0.444 e. The van der Waals surface area contributed by atoms with E-state index in [0.717, 1.165) is 6.42 Å². The molecule has 1 fully saturated rings. The van der Waals surface area contributed by atoms with E-state index < -0.39 is 23.3 Å². The minimum atomic E-state index is -4.63. The van der Waals surface area contributed by atoms with Gasteiger partial charge in [0.15, 0.2) is 5.69 Å². The summed E-state index contributed by atoms with van der Waals surface area (Å²) in [6.07, 6.45) is -2.90. The number of hydrogen-bond donors (Lipinski definition) is 1. The van der Waals surface area contributed by atoms with Crippen LogP contribution in [0.1, 0.15) is 57.5 Å². The van der Waals surface area contributed by atoms with Crippen LogP contribution in [0.3, 0.4) is 0 Å². The van der Waals surface area contributed by atoms with E-state index in [2.05, 4.69) is 15.3 Å². The van der Waals surface area contributed by atoms with Crippen LogP contribution in [-0.4, -0.2) is 45.7 Å². The Balaban J connectivity index is 1.80. The second kappa shape index (κ2) is 10.1. The highest BCUT2D eigenvalue weighted by molar-refractivity contribution is 5.68. The number of benzene rings is 1. The molecule has 0 spiro atoms. The molecule has 1 aromatic carbocycles. The molecule has 0 radical (unpaired) electrons. The summed E-state index contributed by atoms with van der Waals surface area (Å²) in [6.45, 7) is 8.33. The molecule has 2 atom stereocenters. The van der Waals surface area contributed by atoms with Gasteiger partial charge in [0.25, 0.3) is 0 Å². The van der Waals surface area contributed by atoms with Gasteiger partial charge in [0.1, 0.15) is 17.2 Å². The summed E-state index contributed by atoms with van der Waals surface area (Å²) in [6, 6.07) is 5.41. The molecule has 1 aliphatic heterocycles. The van der Waals surface area contributed by atoms with Crippen molar-refractivity contribution in [1.82, 2.24) is 14.9 Å². The van der Waals surface area contributed by atoms with Crippen molar-refractivity contribution < 1.29 is 27.1 Å². The van der Waals surface area contributed by atoms with Gasteiger partial charge in [-0.2, -0.15) is 13.2 Å². The van der Waals surface area contributed by atoms with Gasteiger partial charge in [-0.3, -0.25) is 0 Å². The second-order valence-corrected chi connectivity index (χ2v) is 9.49. The molecular formula is C24H30F4N4O2. The zero-order valence-corrected chi connectivity index (χ0v) is 19.7. The summed E-state index contributed by atoms with van der Waals surface area (Å²) in [5.74, 6) is -0.129. The van der Waals surface area contributed by atoms with E-state index in [1.807, 2.05) is 27.7 Å². The normalized spacial score (nSPS) is 19.1. The molecule has 0 saturated carbocycles. The van der Waals surface area contributed by atoms with Crippen molar-refractivity contribution in [2.45, 2.75) is 64.8 Å². The Labute approximate surface area is 196 Å². The van der Waals surface area contributed by atoms with E-state index in [1.54, 1.807) is 4.90 Å².